The average Bonchev–Trinajstić information content (AvgIpc) is 2.41. The van der Waals surface area contributed by atoms with Crippen LogP contribution in [0.5, 0.6) is 0 Å². The molecule has 2 atom stereocenters. The van der Waals surface area contributed by atoms with E-state index in [1.807, 2.05) is 13.8 Å². The summed E-state index contributed by atoms with van der Waals surface area (Å²) >= 11 is 0. The zero-order valence-corrected chi connectivity index (χ0v) is 13.8. The van der Waals surface area contributed by atoms with Crippen molar-refractivity contribution in [3.8, 4) is 0 Å². The van der Waals surface area contributed by atoms with E-state index in [0.29, 0.717) is 13.0 Å². The van der Waals surface area contributed by atoms with Gasteiger partial charge >= 0.3 is 11.9 Å². The standard InChI is InChI=1S/C14H27O6P/c1-3-5-9-20-13(15)8-7-12(14(16)17)11-21(18,19)10-6-4-2/h12H,3-11H2,1-2H3,(H,16,17)(H,18,19). The zero-order valence-electron chi connectivity index (χ0n) is 12.9. The van der Waals surface area contributed by atoms with Crippen LogP contribution in [0.2, 0.25) is 0 Å². The van der Waals surface area contributed by atoms with Gasteiger partial charge in [-0.25, -0.2) is 0 Å². The topological polar surface area (TPSA) is 101 Å². The molecule has 0 spiro atoms. The fourth-order valence-corrected chi connectivity index (χ4v) is 3.85. The molecule has 0 aromatic carbocycles. The Morgan fingerprint density at radius 1 is 1.19 bits per heavy atom. The lowest BCUT2D eigenvalue weighted by molar-refractivity contribution is -0.145. The molecule has 124 valence electrons. The van der Waals surface area contributed by atoms with Gasteiger partial charge in [0.2, 0.25) is 7.37 Å². The van der Waals surface area contributed by atoms with Gasteiger partial charge in [-0.2, -0.15) is 0 Å². The van der Waals surface area contributed by atoms with E-state index in [1.54, 1.807) is 0 Å². The minimum Gasteiger partial charge on any atom is -0.481 e. The highest BCUT2D eigenvalue weighted by Gasteiger charge is 2.28. The molecule has 7 heteroatoms. The van der Waals surface area contributed by atoms with E-state index < -0.39 is 25.2 Å². The van der Waals surface area contributed by atoms with Crippen molar-refractivity contribution in [2.75, 3.05) is 18.9 Å². The summed E-state index contributed by atoms with van der Waals surface area (Å²) < 4.78 is 16.9. The molecule has 0 heterocycles. The minimum atomic E-state index is -3.44. The molecule has 0 radical (unpaired) electrons. The Kier molecular flexibility index (Phi) is 10.4. The Morgan fingerprint density at radius 2 is 1.81 bits per heavy atom. The Bertz CT molecular complexity index is 368. The fraction of sp³-hybridized carbons (Fsp3) is 0.857. The summed E-state index contributed by atoms with van der Waals surface area (Å²) in [6, 6.07) is 0. The van der Waals surface area contributed by atoms with Crippen molar-refractivity contribution >= 4 is 19.3 Å². The second-order valence-electron chi connectivity index (χ2n) is 5.25. The Morgan fingerprint density at radius 3 is 2.33 bits per heavy atom. The number of aliphatic carboxylic acids is 1. The number of carboxylic acid groups (broad SMARTS) is 1. The molecule has 0 bridgehead atoms. The van der Waals surface area contributed by atoms with Gasteiger partial charge in [-0.05, 0) is 19.3 Å². The number of unbranched alkanes of at least 4 members (excludes halogenated alkanes) is 2. The third kappa shape index (κ3) is 10.5. The van der Waals surface area contributed by atoms with Gasteiger partial charge in [0, 0.05) is 18.7 Å². The van der Waals surface area contributed by atoms with Crippen LogP contribution in [-0.2, 0) is 18.9 Å². The predicted molar refractivity (Wildman–Crippen MR) is 80.7 cm³/mol. The van der Waals surface area contributed by atoms with Gasteiger partial charge in [0.25, 0.3) is 0 Å². The molecule has 0 aliphatic carbocycles. The van der Waals surface area contributed by atoms with Crippen molar-refractivity contribution in [1.82, 2.24) is 0 Å². The highest BCUT2D eigenvalue weighted by molar-refractivity contribution is 7.58. The Hall–Kier alpha value is -0.870. The van der Waals surface area contributed by atoms with Gasteiger partial charge in [0.1, 0.15) is 0 Å². The number of carbonyl (C=O) groups excluding carboxylic acids is 1. The molecule has 0 saturated heterocycles. The first-order valence-corrected chi connectivity index (χ1v) is 9.54. The Labute approximate surface area is 126 Å². The number of hydrogen-bond acceptors (Lipinski definition) is 4. The number of carboxylic acids is 1. The number of hydrogen-bond donors (Lipinski definition) is 2. The normalized spacial score (nSPS) is 15.2. The zero-order chi connectivity index (χ0) is 16.3. The molecule has 2 unspecified atom stereocenters. The van der Waals surface area contributed by atoms with E-state index in [2.05, 4.69) is 0 Å². The summed E-state index contributed by atoms with van der Waals surface area (Å²) in [5, 5.41) is 9.10. The second-order valence-corrected chi connectivity index (χ2v) is 7.76. The molecule has 0 amide bonds. The van der Waals surface area contributed by atoms with E-state index in [4.69, 9.17) is 9.84 Å². The number of ether oxygens (including phenoxy) is 1. The number of rotatable bonds is 12. The molecule has 21 heavy (non-hydrogen) atoms. The van der Waals surface area contributed by atoms with E-state index in [0.717, 1.165) is 19.3 Å². The lowest BCUT2D eigenvalue weighted by Gasteiger charge is -2.16. The first-order chi connectivity index (χ1) is 9.82. The van der Waals surface area contributed by atoms with Crippen molar-refractivity contribution in [3.63, 3.8) is 0 Å². The van der Waals surface area contributed by atoms with Crippen LogP contribution in [0.25, 0.3) is 0 Å². The van der Waals surface area contributed by atoms with Crippen LogP contribution in [0.15, 0.2) is 0 Å². The highest BCUT2D eigenvalue weighted by Crippen LogP contribution is 2.44. The van der Waals surface area contributed by atoms with Gasteiger partial charge in [0.15, 0.2) is 0 Å². The van der Waals surface area contributed by atoms with Crippen LogP contribution >= 0.6 is 7.37 Å². The summed E-state index contributed by atoms with van der Waals surface area (Å²) in [6.45, 7) is 4.21. The summed E-state index contributed by atoms with van der Waals surface area (Å²) in [5.41, 5.74) is 0. The monoisotopic (exact) mass is 322 g/mol. The SMILES string of the molecule is CCCCOC(=O)CCC(CP(=O)(O)CCCC)C(=O)O. The van der Waals surface area contributed by atoms with Gasteiger partial charge in [-0.15, -0.1) is 0 Å². The molecule has 0 aliphatic rings. The predicted octanol–water partition coefficient (Wildman–Crippen LogP) is 2.88. The minimum absolute atomic E-state index is 0.0333. The van der Waals surface area contributed by atoms with Gasteiger partial charge in [0.05, 0.1) is 12.5 Å². The first-order valence-electron chi connectivity index (χ1n) is 7.51. The van der Waals surface area contributed by atoms with E-state index in [9.17, 15) is 19.0 Å². The fourth-order valence-electron chi connectivity index (χ4n) is 1.83. The lowest BCUT2D eigenvalue weighted by atomic mass is 10.1. The van der Waals surface area contributed by atoms with E-state index in [-0.39, 0.29) is 25.2 Å². The van der Waals surface area contributed by atoms with Crippen molar-refractivity contribution in [3.05, 3.63) is 0 Å². The lowest BCUT2D eigenvalue weighted by Crippen LogP contribution is -2.20. The summed E-state index contributed by atoms with van der Waals surface area (Å²) in [5.74, 6) is -2.56. The van der Waals surface area contributed by atoms with Crippen LogP contribution in [-0.4, -0.2) is 40.9 Å². The maximum absolute atomic E-state index is 11.9. The molecule has 0 fully saturated rings. The van der Waals surface area contributed by atoms with Crippen LogP contribution in [0, 0.1) is 5.92 Å². The summed E-state index contributed by atoms with van der Waals surface area (Å²) in [6.07, 6.45) is 2.93. The van der Waals surface area contributed by atoms with Crippen LogP contribution < -0.4 is 0 Å². The quantitative estimate of drug-likeness (QED) is 0.325. The molecular formula is C14H27O6P. The second kappa shape index (κ2) is 10.8. The third-order valence-corrected chi connectivity index (χ3v) is 5.20. The maximum atomic E-state index is 11.9. The molecular weight excluding hydrogens is 295 g/mol. The van der Waals surface area contributed by atoms with E-state index >= 15 is 0 Å². The number of carbonyl (C=O) groups is 2. The summed E-state index contributed by atoms with van der Waals surface area (Å²) in [7, 11) is -3.44. The van der Waals surface area contributed by atoms with Crippen molar-refractivity contribution < 1.29 is 28.9 Å². The molecule has 0 rings (SSSR count). The number of esters is 1. The van der Waals surface area contributed by atoms with Gasteiger partial charge in [-0.3, -0.25) is 14.2 Å². The third-order valence-electron chi connectivity index (χ3n) is 3.17. The highest BCUT2D eigenvalue weighted by atomic mass is 31.2. The first kappa shape index (κ1) is 20.1. The van der Waals surface area contributed by atoms with Gasteiger partial charge < -0.3 is 14.7 Å². The van der Waals surface area contributed by atoms with Crippen LogP contribution in [0.4, 0.5) is 0 Å². The van der Waals surface area contributed by atoms with Crippen molar-refractivity contribution in [1.29, 1.82) is 0 Å². The molecule has 0 aromatic heterocycles. The molecule has 0 aliphatic heterocycles. The van der Waals surface area contributed by atoms with Crippen molar-refractivity contribution in [2.45, 2.75) is 52.4 Å². The van der Waals surface area contributed by atoms with Crippen LogP contribution in [0.1, 0.15) is 52.4 Å². The van der Waals surface area contributed by atoms with Crippen molar-refractivity contribution in [2.24, 2.45) is 5.92 Å². The van der Waals surface area contributed by atoms with Crippen LogP contribution in [0.3, 0.4) is 0 Å². The smallest absolute Gasteiger partial charge is 0.307 e. The van der Waals surface area contributed by atoms with E-state index in [1.165, 1.54) is 0 Å². The molecule has 0 saturated carbocycles. The summed E-state index contributed by atoms with van der Waals surface area (Å²) in [4.78, 5) is 32.4. The molecule has 0 aromatic rings. The average molecular weight is 322 g/mol. The maximum Gasteiger partial charge on any atom is 0.307 e. The molecule has 6 nitrogen and oxygen atoms in total. The molecule has 2 N–H and O–H groups in total. The van der Waals surface area contributed by atoms with Gasteiger partial charge in [-0.1, -0.05) is 26.7 Å². The Balaban J connectivity index is 4.28. The largest absolute Gasteiger partial charge is 0.481 e.